The predicted octanol–water partition coefficient (Wildman–Crippen LogP) is 1.84. The summed E-state index contributed by atoms with van der Waals surface area (Å²) in [6.45, 7) is 6.74. The molecule has 5 heteroatoms. The fourth-order valence-electron chi connectivity index (χ4n) is 2.12. The summed E-state index contributed by atoms with van der Waals surface area (Å²) in [6.07, 6.45) is 2.19. The zero-order valence-corrected chi connectivity index (χ0v) is 12.6. The summed E-state index contributed by atoms with van der Waals surface area (Å²) < 4.78 is 27.4. The highest BCUT2D eigenvalue weighted by Gasteiger charge is 2.38. The highest BCUT2D eigenvalue weighted by Crippen LogP contribution is 2.44. The van der Waals surface area contributed by atoms with Crippen LogP contribution in [0, 0.1) is 19.3 Å². The van der Waals surface area contributed by atoms with Gasteiger partial charge in [-0.05, 0) is 54.9 Å². The Kier molecular flexibility index (Phi) is 3.73. The molecular weight excluding hydrogens is 260 g/mol. The van der Waals surface area contributed by atoms with Crippen molar-refractivity contribution < 1.29 is 8.42 Å². The first kappa shape index (κ1) is 14.5. The minimum absolute atomic E-state index is 0.155. The largest absolute Gasteiger partial charge is 0.326 e. The van der Waals surface area contributed by atoms with Crippen LogP contribution in [-0.4, -0.2) is 15.0 Å². The number of rotatable bonds is 5. The van der Waals surface area contributed by atoms with Crippen LogP contribution in [0.1, 0.15) is 36.5 Å². The first-order valence-electron chi connectivity index (χ1n) is 6.57. The van der Waals surface area contributed by atoms with Gasteiger partial charge in [0.25, 0.3) is 0 Å². The normalized spacial score (nSPS) is 17.5. The minimum atomic E-state index is -3.44. The third-order valence-corrected chi connectivity index (χ3v) is 5.48. The molecule has 1 aromatic rings. The van der Waals surface area contributed by atoms with Gasteiger partial charge in [0, 0.05) is 13.1 Å². The lowest BCUT2D eigenvalue weighted by atomic mass is 10.1. The van der Waals surface area contributed by atoms with Gasteiger partial charge in [-0.15, -0.1) is 0 Å². The second-order valence-corrected chi connectivity index (χ2v) is 7.62. The monoisotopic (exact) mass is 282 g/mol. The molecule has 0 spiro atoms. The Labute approximate surface area is 115 Å². The Morgan fingerprint density at radius 3 is 2.42 bits per heavy atom. The maximum absolute atomic E-state index is 12.4. The van der Waals surface area contributed by atoms with E-state index in [9.17, 15) is 8.42 Å². The van der Waals surface area contributed by atoms with Gasteiger partial charge in [0.1, 0.15) is 0 Å². The van der Waals surface area contributed by atoms with Gasteiger partial charge in [-0.3, -0.25) is 0 Å². The van der Waals surface area contributed by atoms with E-state index in [-0.39, 0.29) is 5.41 Å². The van der Waals surface area contributed by atoms with E-state index in [1.54, 1.807) is 6.07 Å². The van der Waals surface area contributed by atoms with Crippen LogP contribution < -0.4 is 10.5 Å². The molecule has 106 valence electrons. The fourth-order valence-corrected chi connectivity index (χ4v) is 3.60. The van der Waals surface area contributed by atoms with E-state index in [4.69, 9.17) is 5.73 Å². The second kappa shape index (κ2) is 4.89. The highest BCUT2D eigenvalue weighted by atomic mass is 32.2. The van der Waals surface area contributed by atoms with Gasteiger partial charge in [-0.25, -0.2) is 13.1 Å². The van der Waals surface area contributed by atoms with Crippen molar-refractivity contribution >= 4 is 10.0 Å². The number of sulfonamides is 1. The maximum atomic E-state index is 12.4. The number of nitrogens with one attached hydrogen (secondary N) is 1. The van der Waals surface area contributed by atoms with Crippen LogP contribution in [0.25, 0.3) is 0 Å². The van der Waals surface area contributed by atoms with Crippen LogP contribution in [0.15, 0.2) is 17.0 Å². The van der Waals surface area contributed by atoms with E-state index >= 15 is 0 Å². The van der Waals surface area contributed by atoms with E-state index in [1.807, 2.05) is 19.9 Å². The standard InChI is InChI=1S/C14H22N2O2S/c1-10-6-11(2)13(7-12(10)8-15)19(17,18)16-9-14(3)4-5-14/h6-7,16H,4-5,8-9,15H2,1-3H3. The van der Waals surface area contributed by atoms with Crippen molar-refractivity contribution in [3.8, 4) is 0 Å². The van der Waals surface area contributed by atoms with Crippen molar-refractivity contribution in [1.82, 2.24) is 4.72 Å². The summed E-state index contributed by atoms with van der Waals surface area (Å²) in [5.74, 6) is 0. The molecule has 1 aromatic carbocycles. The Balaban J connectivity index is 2.28. The summed E-state index contributed by atoms with van der Waals surface area (Å²) in [7, 11) is -3.44. The Morgan fingerprint density at radius 1 is 1.26 bits per heavy atom. The molecule has 1 fully saturated rings. The van der Waals surface area contributed by atoms with Gasteiger partial charge in [0.2, 0.25) is 10.0 Å². The zero-order chi connectivity index (χ0) is 14.3. The molecule has 0 unspecified atom stereocenters. The average molecular weight is 282 g/mol. The van der Waals surface area contributed by atoms with Crippen molar-refractivity contribution in [3.05, 3.63) is 28.8 Å². The first-order valence-corrected chi connectivity index (χ1v) is 8.06. The second-order valence-electron chi connectivity index (χ2n) is 5.88. The number of hydrogen-bond donors (Lipinski definition) is 2. The molecule has 0 aromatic heterocycles. The van der Waals surface area contributed by atoms with Crippen molar-refractivity contribution in [1.29, 1.82) is 0 Å². The summed E-state index contributed by atoms with van der Waals surface area (Å²) in [4.78, 5) is 0.350. The van der Waals surface area contributed by atoms with E-state index in [0.717, 1.165) is 29.5 Å². The molecule has 0 amide bonds. The molecule has 19 heavy (non-hydrogen) atoms. The fraction of sp³-hybridized carbons (Fsp3) is 0.571. The lowest BCUT2D eigenvalue weighted by Gasteiger charge is -2.14. The van der Waals surface area contributed by atoms with E-state index in [0.29, 0.717) is 18.0 Å². The highest BCUT2D eigenvalue weighted by molar-refractivity contribution is 7.89. The Hall–Kier alpha value is -0.910. The molecule has 4 nitrogen and oxygen atoms in total. The molecule has 2 rings (SSSR count). The van der Waals surface area contributed by atoms with E-state index in [1.165, 1.54) is 0 Å². The first-order chi connectivity index (χ1) is 8.77. The molecule has 3 N–H and O–H groups in total. The van der Waals surface area contributed by atoms with Crippen LogP contribution in [0.3, 0.4) is 0 Å². The Bertz CT molecular complexity index is 590. The lowest BCUT2D eigenvalue weighted by Crippen LogP contribution is -2.29. The molecule has 0 bridgehead atoms. The van der Waals surface area contributed by atoms with Gasteiger partial charge in [0.05, 0.1) is 4.90 Å². The molecule has 0 saturated heterocycles. The smallest absolute Gasteiger partial charge is 0.240 e. The maximum Gasteiger partial charge on any atom is 0.240 e. The summed E-state index contributed by atoms with van der Waals surface area (Å²) in [5.41, 5.74) is 8.49. The van der Waals surface area contributed by atoms with Crippen LogP contribution in [0.5, 0.6) is 0 Å². The van der Waals surface area contributed by atoms with Crippen molar-refractivity contribution in [2.75, 3.05) is 6.54 Å². The average Bonchev–Trinajstić information content (AvgIpc) is 3.06. The van der Waals surface area contributed by atoms with Crippen LogP contribution in [0.2, 0.25) is 0 Å². The van der Waals surface area contributed by atoms with Crippen LogP contribution in [0.4, 0.5) is 0 Å². The molecule has 1 aliphatic rings. The van der Waals surface area contributed by atoms with Gasteiger partial charge >= 0.3 is 0 Å². The molecule has 0 atom stereocenters. The van der Waals surface area contributed by atoms with E-state index in [2.05, 4.69) is 11.6 Å². The molecule has 0 heterocycles. The van der Waals surface area contributed by atoms with Crippen LogP contribution >= 0.6 is 0 Å². The molecule has 0 radical (unpaired) electrons. The van der Waals surface area contributed by atoms with Crippen molar-refractivity contribution in [3.63, 3.8) is 0 Å². The molecular formula is C14H22N2O2S. The minimum Gasteiger partial charge on any atom is -0.326 e. The Morgan fingerprint density at radius 2 is 1.89 bits per heavy atom. The number of benzene rings is 1. The summed E-state index contributed by atoms with van der Waals surface area (Å²) >= 11 is 0. The van der Waals surface area contributed by atoms with E-state index < -0.39 is 10.0 Å². The predicted molar refractivity (Wildman–Crippen MR) is 76.3 cm³/mol. The van der Waals surface area contributed by atoms with Crippen molar-refractivity contribution in [2.24, 2.45) is 11.1 Å². The van der Waals surface area contributed by atoms with Gasteiger partial charge in [0.15, 0.2) is 0 Å². The third-order valence-electron chi connectivity index (χ3n) is 3.94. The third kappa shape index (κ3) is 3.16. The molecule has 0 aliphatic heterocycles. The molecule has 1 aliphatic carbocycles. The zero-order valence-electron chi connectivity index (χ0n) is 11.8. The SMILES string of the molecule is Cc1cc(C)c(S(=O)(=O)NCC2(C)CC2)cc1CN. The number of hydrogen-bond acceptors (Lipinski definition) is 3. The van der Waals surface area contributed by atoms with Crippen LogP contribution in [-0.2, 0) is 16.6 Å². The van der Waals surface area contributed by atoms with Gasteiger partial charge in [-0.1, -0.05) is 13.0 Å². The van der Waals surface area contributed by atoms with Crippen molar-refractivity contribution in [2.45, 2.75) is 45.1 Å². The van der Waals surface area contributed by atoms with Gasteiger partial charge < -0.3 is 5.73 Å². The molecule has 1 saturated carbocycles. The number of aryl methyl sites for hydroxylation is 2. The van der Waals surface area contributed by atoms with Gasteiger partial charge in [-0.2, -0.15) is 0 Å². The number of nitrogens with two attached hydrogens (primary N) is 1. The quantitative estimate of drug-likeness (QED) is 0.865. The summed E-state index contributed by atoms with van der Waals surface area (Å²) in [6, 6.07) is 3.58. The lowest BCUT2D eigenvalue weighted by molar-refractivity contribution is 0.530. The topological polar surface area (TPSA) is 72.2 Å². The summed E-state index contributed by atoms with van der Waals surface area (Å²) in [5, 5.41) is 0.